The first-order valence-electron chi connectivity index (χ1n) is 8.88. The Morgan fingerprint density at radius 2 is 2.08 bits per heavy atom. The molecule has 2 aromatic rings. The van der Waals surface area contributed by atoms with Gasteiger partial charge >= 0.3 is 0 Å². The van der Waals surface area contributed by atoms with Gasteiger partial charge in [0.05, 0.1) is 10.7 Å². The van der Waals surface area contributed by atoms with Gasteiger partial charge in [0.2, 0.25) is 5.82 Å². The smallest absolute Gasteiger partial charge is 0.291 e. The van der Waals surface area contributed by atoms with Crippen LogP contribution in [0.25, 0.3) is 5.69 Å². The summed E-state index contributed by atoms with van der Waals surface area (Å²) in [6.45, 7) is 3.05. The van der Waals surface area contributed by atoms with Gasteiger partial charge < -0.3 is 10.6 Å². The summed E-state index contributed by atoms with van der Waals surface area (Å²) in [6, 6.07) is 8.10. The molecule has 4 rings (SSSR count). The van der Waals surface area contributed by atoms with Crippen LogP contribution < -0.4 is 10.6 Å². The number of benzene rings is 1. The molecule has 6 nitrogen and oxygen atoms in total. The first kappa shape index (κ1) is 19.1. The SMILES string of the molecule is CC1CC(NC(=O)c2nc(C3CC3)n(-c3ccccc3Cl)n2)CCN1.Cl. The maximum Gasteiger partial charge on any atom is 0.291 e. The van der Waals surface area contributed by atoms with Crippen LogP contribution in [0, 0.1) is 0 Å². The number of para-hydroxylation sites is 1. The quantitative estimate of drug-likeness (QED) is 0.833. The highest BCUT2D eigenvalue weighted by Crippen LogP contribution is 2.40. The Balaban J connectivity index is 0.00000196. The van der Waals surface area contributed by atoms with E-state index in [1.807, 2.05) is 24.3 Å². The predicted molar refractivity (Wildman–Crippen MR) is 104 cm³/mol. The molecule has 1 amide bonds. The molecule has 2 heterocycles. The maximum atomic E-state index is 12.6. The molecule has 2 fully saturated rings. The molecule has 2 unspecified atom stereocenters. The lowest BCUT2D eigenvalue weighted by Gasteiger charge is -2.28. The summed E-state index contributed by atoms with van der Waals surface area (Å²) in [7, 11) is 0. The number of nitrogens with zero attached hydrogens (tertiary/aromatic N) is 3. The maximum absolute atomic E-state index is 12.6. The van der Waals surface area contributed by atoms with E-state index in [1.54, 1.807) is 4.68 Å². The number of halogens is 2. The number of carbonyl (C=O) groups is 1. The van der Waals surface area contributed by atoms with Gasteiger partial charge in [0.15, 0.2) is 0 Å². The molecule has 2 atom stereocenters. The second kappa shape index (κ2) is 7.94. The van der Waals surface area contributed by atoms with Crippen molar-refractivity contribution in [2.45, 2.75) is 50.6 Å². The first-order chi connectivity index (χ1) is 12.1. The van der Waals surface area contributed by atoms with Crippen LogP contribution in [-0.2, 0) is 0 Å². The van der Waals surface area contributed by atoms with Crippen LogP contribution in [0.15, 0.2) is 24.3 Å². The van der Waals surface area contributed by atoms with E-state index in [9.17, 15) is 4.79 Å². The largest absolute Gasteiger partial charge is 0.346 e. The molecule has 1 aliphatic carbocycles. The van der Waals surface area contributed by atoms with Gasteiger partial charge in [-0.1, -0.05) is 23.7 Å². The first-order valence-corrected chi connectivity index (χ1v) is 9.25. The number of piperidine rings is 1. The average molecular weight is 396 g/mol. The molecule has 1 saturated heterocycles. The third-order valence-corrected chi connectivity index (χ3v) is 5.14. The topological polar surface area (TPSA) is 71.8 Å². The van der Waals surface area contributed by atoms with Crippen molar-refractivity contribution in [1.82, 2.24) is 25.4 Å². The minimum absolute atomic E-state index is 0. The lowest BCUT2D eigenvalue weighted by molar-refractivity contribution is 0.0915. The summed E-state index contributed by atoms with van der Waals surface area (Å²) in [6.07, 6.45) is 4.01. The minimum atomic E-state index is -0.202. The zero-order chi connectivity index (χ0) is 17.4. The lowest BCUT2D eigenvalue weighted by atomic mass is 10.0. The molecule has 1 aromatic heterocycles. The molecule has 0 radical (unpaired) electrons. The fraction of sp³-hybridized carbons (Fsp3) is 0.500. The van der Waals surface area contributed by atoms with Crippen molar-refractivity contribution in [3.63, 3.8) is 0 Å². The standard InChI is InChI=1S/C18H22ClN5O.ClH/c1-11-10-13(8-9-20-11)21-18(25)16-22-17(12-6-7-12)24(23-16)15-5-3-2-4-14(15)19;/h2-5,11-13,20H,6-10H2,1H3,(H,21,25);1H. The van der Waals surface area contributed by atoms with Crippen LogP contribution in [0.4, 0.5) is 0 Å². The van der Waals surface area contributed by atoms with E-state index in [0.717, 1.165) is 43.7 Å². The average Bonchev–Trinajstić information content (AvgIpc) is 3.34. The Morgan fingerprint density at radius 1 is 1.31 bits per heavy atom. The van der Waals surface area contributed by atoms with E-state index < -0.39 is 0 Å². The van der Waals surface area contributed by atoms with Crippen LogP contribution in [-0.4, -0.2) is 39.3 Å². The molecular formula is C18H23Cl2N5O. The van der Waals surface area contributed by atoms with Crippen molar-refractivity contribution in [2.75, 3.05) is 6.54 Å². The summed E-state index contributed by atoms with van der Waals surface area (Å²) < 4.78 is 1.74. The zero-order valence-corrected chi connectivity index (χ0v) is 16.2. The number of hydrogen-bond acceptors (Lipinski definition) is 4. The van der Waals surface area contributed by atoms with Crippen molar-refractivity contribution in [2.24, 2.45) is 0 Å². The predicted octanol–water partition coefficient (Wildman–Crippen LogP) is 3.09. The van der Waals surface area contributed by atoms with Crippen molar-refractivity contribution in [3.05, 3.63) is 40.9 Å². The molecule has 0 bridgehead atoms. The van der Waals surface area contributed by atoms with Gasteiger partial charge in [-0.3, -0.25) is 4.79 Å². The molecule has 140 valence electrons. The Labute approximate surface area is 164 Å². The summed E-state index contributed by atoms with van der Waals surface area (Å²) in [4.78, 5) is 17.2. The van der Waals surface area contributed by atoms with Gasteiger partial charge in [-0.15, -0.1) is 17.5 Å². The van der Waals surface area contributed by atoms with E-state index in [-0.39, 0.29) is 30.2 Å². The lowest BCUT2D eigenvalue weighted by Crippen LogP contribution is -2.46. The fourth-order valence-corrected chi connectivity index (χ4v) is 3.56. The molecular weight excluding hydrogens is 373 g/mol. The minimum Gasteiger partial charge on any atom is -0.346 e. The molecule has 0 spiro atoms. The van der Waals surface area contributed by atoms with Gasteiger partial charge in [0.1, 0.15) is 5.82 Å². The molecule has 2 N–H and O–H groups in total. The van der Waals surface area contributed by atoms with Crippen LogP contribution >= 0.6 is 24.0 Å². The number of nitrogens with one attached hydrogen (secondary N) is 2. The highest BCUT2D eigenvalue weighted by atomic mass is 35.5. The Hall–Kier alpha value is -1.63. The molecule has 26 heavy (non-hydrogen) atoms. The second-order valence-electron chi connectivity index (χ2n) is 6.98. The van der Waals surface area contributed by atoms with Gasteiger partial charge in [-0.05, 0) is 51.3 Å². The van der Waals surface area contributed by atoms with Crippen molar-refractivity contribution >= 4 is 29.9 Å². The van der Waals surface area contributed by atoms with Crippen molar-refractivity contribution in [1.29, 1.82) is 0 Å². The third-order valence-electron chi connectivity index (χ3n) is 4.82. The molecule has 1 aromatic carbocycles. The van der Waals surface area contributed by atoms with Crippen molar-refractivity contribution in [3.8, 4) is 5.69 Å². The van der Waals surface area contributed by atoms with Crippen LogP contribution in [0.3, 0.4) is 0 Å². The normalized spacial score (nSPS) is 22.5. The number of amides is 1. The molecule has 2 aliphatic rings. The third kappa shape index (κ3) is 4.03. The summed E-state index contributed by atoms with van der Waals surface area (Å²) in [5.41, 5.74) is 0.771. The summed E-state index contributed by atoms with van der Waals surface area (Å²) >= 11 is 6.32. The highest BCUT2D eigenvalue weighted by molar-refractivity contribution is 6.32. The van der Waals surface area contributed by atoms with E-state index >= 15 is 0 Å². The molecule has 1 aliphatic heterocycles. The van der Waals surface area contributed by atoms with E-state index in [1.165, 1.54) is 0 Å². The van der Waals surface area contributed by atoms with Crippen LogP contribution in [0.2, 0.25) is 5.02 Å². The molecule has 8 heteroatoms. The van der Waals surface area contributed by atoms with Crippen LogP contribution in [0.5, 0.6) is 0 Å². The summed E-state index contributed by atoms with van der Waals surface area (Å²) in [5.74, 6) is 1.22. The van der Waals surface area contributed by atoms with Gasteiger partial charge in [-0.25, -0.2) is 9.67 Å². The van der Waals surface area contributed by atoms with Crippen LogP contribution in [0.1, 0.15) is 55.0 Å². The number of aromatic nitrogens is 3. The van der Waals surface area contributed by atoms with Crippen molar-refractivity contribution < 1.29 is 4.79 Å². The van der Waals surface area contributed by atoms with Gasteiger partial charge in [-0.2, -0.15) is 0 Å². The number of carbonyl (C=O) groups excluding carboxylic acids is 1. The summed E-state index contributed by atoms with van der Waals surface area (Å²) in [5, 5.41) is 11.6. The monoisotopic (exact) mass is 395 g/mol. The zero-order valence-electron chi connectivity index (χ0n) is 14.6. The fourth-order valence-electron chi connectivity index (χ4n) is 3.34. The Morgan fingerprint density at radius 3 is 2.77 bits per heavy atom. The Kier molecular flexibility index (Phi) is 5.85. The van der Waals surface area contributed by atoms with E-state index in [2.05, 4.69) is 27.6 Å². The highest BCUT2D eigenvalue weighted by Gasteiger charge is 2.32. The second-order valence-corrected chi connectivity index (χ2v) is 7.39. The molecule has 1 saturated carbocycles. The number of hydrogen-bond donors (Lipinski definition) is 2. The van der Waals surface area contributed by atoms with Gasteiger partial charge in [0, 0.05) is 18.0 Å². The van der Waals surface area contributed by atoms with E-state index in [4.69, 9.17) is 11.6 Å². The van der Waals surface area contributed by atoms with Gasteiger partial charge in [0.25, 0.3) is 5.91 Å². The Bertz CT molecular complexity index is 790. The van der Waals surface area contributed by atoms with E-state index in [0.29, 0.717) is 17.0 Å². The number of rotatable bonds is 4.